The highest BCUT2D eigenvalue weighted by molar-refractivity contribution is 5.81. The molecule has 5 heteroatoms. The number of hydrogen-bond donors (Lipinski definition) is 1. The molecule has 1 saturated heterocycles. The first-order valence-electron chi connectivity index (χ1n) is 7.15. The molecule has 1 N–H and O–H groups in total. The quantitative estimate of drug-likeness (QED) is 0.912. The van der Waals surface area contributed by atoms with E-state index < -0.39 is 6.10 Å². The van der Waals surface area contributed by atoms with E-state index in [1.165, 1.54) is 0 Å². The second kappa shape index (κ2) is 6.59. The first-order chi connectivity index (χ1) is 10.1. The topological polar surface area (TPSA) is 73.6 Å². The van der Waals surface area contributed by atoms with Crippen molar-refractivity contribution in [2.75, 3.05) is 13.2 Å². The number of carbonyl (C=O) groups excluding carboxylic acids is 1. The van der Waals surface area contributed by atoms with Crippen molar-refractivity contribution in [1.29, 1.82) is 5.26 Å². The molecular weight excluding hydrogens is 268 g/mol. The van der Waals surface area contributed by atoms with Gasteiger partial charge in [-0.1, -0.05) is 6.92 Å². The van der Waals surface area contributed by atoms with E-state index in [1.807, 2.05) is 13.0 Å². The van der Waals surface area contributed by atoms with E-state index in [4.69, 9.17) is 10.00 Å². The van der Waals surface area contributed by atoms with Crippen LogP contribution in [-0.4, -0.2) is 41.2 Å². The van der Waals surface area contributed by atoms with E-state index >= 15 is 0 Å². The first-order valence-corrected chi connectivity index (χ1v) is 7.15. The molecule has 0 spiro atoms. The number of aliphatic hydroxyl groups excluding tert-OH is 1. The zero-order valence-electron chi connectivity index (χ0n) is 12.3. The minimum Gasteiger partial charge on any atom is -0.481 e. The summed E-state index contributed by atoms with van der Waals surface area (Å²) in [7, 11) is 0. The molecule has 112 valence electrons. The van der Waals surface area contributed by atoms with Crippen molar-refractivity contribution < 1.29 is 14.6 Å². The molecule has 1 aliphatic heterocycles. The van der Waals surface area contributed by atoms with Gasteiger partial charge in [-0.05, 0) is 43.5 Å². The van der Waals surface area contributed by atoms with Gasteiger partial charge in [0.15, 0.2) is 6.10 Å². The van der Waals surface area contributed by atoms with Crippen LogP contribution in [0.3, 0.4) is 0 Å². The van der Waals surface area contributed by atoms with Crippen LogP contribution >= 0.6 is 0 Å². The summed E-state index contributed by atoms with van der Waals surface area (Å²) in [5.74, 6) is 0.756. The van der Waals surface area contributed by atoms with Gasteiger partial charge in [-0.3, -0.25) is 4.79 Å². The third kappa shape index (κ3) is 3.34. The van der Waals surface area contributed by atoms with E-state index in [0.717, 1.165) is 6.42 Å². The summed E-state index contributed by atoms with van der Waals surface area (Å²) < 4.78 is 5.63. The Morgan fingerprint density at radius 3 is 2.76 bits per heavy atom. The molecule has 2 rings (SSSR count). The van der Waals surface area contributed by atoms with Crippen molar-refractivity contribution in [1.82, 2.24) is 4.90 Å². The summed E-state index contributed by atoms with van der Waals surface area (Å²) in [6, 6.07) is 8.58. The predicted octanol–water partition coefficient (Wildman–Crippen LogP) is 1.55. The Balaban J connectivity index is 2.00. The van der Waals surface area contributed by atoms with E-state index in [1.54, 1.807) is 36.1 Å². The van der Waals surface area contributed by atoms with E-state index in [0.29, 0.717) is 23.8 Å². The van der Waals surface area contributed by atoms with Crippen LogP contribution in [-0.2, 0) is 4.79 Å². The molecule has 1 aliphatic rings. The molecule has 3 unspecified atom stereocenters. The number of amides is 1. The number of carbonyl (C=O) groups is 1. The second-order valence-electron chi connectivity index (χ2n) is 5.44. The molecule has 0 aromatic heterocycles. The van der Waals surface area contributed by atoms with Crippen LogP contribution in [0.25, 0.3) is 0 Å². The number of nitrogens with zero attached hydrogens (tertiary/aromatic N) is 2. The molecule has 1 amide bonds. The van der Waals surface area contributed by atoms with Crippen LogP contribution in [0.5, 0.6) is 5.75 Å². The average molecular weight is 288 g/mol. The largest absolute Gasteiger partial charge is 0.481 e. The fourth-order valence-corrected chi connectivity index (χ4v) is 2.66. The number of likely N-dealkylation sites (tertiary alicyclic amines) is 1. The maximum Gasteiger partial charge on any atom is 0.263 e. The summed E-state index contributed by atoms with van der Waals surface area (Å²) in [6.45, 7) is 4.39. The van der Waals surface area contributed by atoms with Crippen LogP contribution in [0, 0.1) is 17.2 Å². The molecule has 0 bridgehead atoms. The fraction of sp³-hybridized carbons (Fsp3) is 0.500. The molecule has 21 heavy (non-hydrogen) atoms. The Kier molecular flexibility index (Phi) is 4.81. The zero-order valence-corrected chi connectivity index (χ0v) is 12.3. The molecule has 1 fully saturated rings. The van der Waals surface area contributed by atoms with E-state index in [-0.39, 0.29) is 18.6 Å². The number of hydrogen-bond acceptors (Lipinski definition) is 4. The normalized spacial score (nSPS) is 22.7. The molecule has 0 radical (unpaired) electrons. The predicted molar refractivity (Wildman–Crippen MR) is 77.6 cm³/mol. The monoisotopic (exact) mass is 288 g/mol. The van der Waals surface area contributed by atoms with Gasteiger partial charge in [0.25, 0.3) is 5.91 Å². The number of ether oxygens (including phenoxy) is 1. The highest BCUT2D eigenvalue weighted by Gasteiger charge is 2.36. The summed E-state index contributed by atoms with van der Waals surface area (Å²) >= 11 is 0. The van der Waals surface area contributed by atoms with E-state index in [9.17, 15) is 9.90 Å². The van der Waals surface area contributed by atoms with Crippen molar-refractivity contribution >= 4 is 5.91 Å². The Morgan fingerprint density at radius 1 is 1.52 bits per heavy atom. The molecule has 3 atom stereocenters. The summed E-state index contributed by atoms with van der Waals surface area (Å²) in [4.78, 5) is 14.1. The van der Waals surface area contributed by atoms with Crippen molar-refractivity contribution in [3.8, 4) is 11.8 Å². The summed E-state index contributed by atoms with van der Waals surface area (Å²) in [5, 5.41) is 18.2. The zero-order chi connectivity index (χ0) is 15.4. The SMILES string of the molecule is CC(Oc1ccc(C#N)cc1)C(=O)N1CCC(C)C1CO. The van der Waals surface area contributed by atoms with Gasteiger partial charge < -0.3 is 14.7 Å². The maximum atomic E-state index is 12.4. The standard InChI is InChI=1S/C16H20N2O3/c1-11-7-8-18(15(11)10-19)16(20)12(2)21-14-5-3-13(9-17)4-6-14/h3-6,11-12,15,19H,7-8,10H2,1-2H3. The molecule has 5 nitrogen and oxygen atoms in total. The third-order valence-electron chi connectivity index (χ3n) is 4.00. The van der Waals surface area contributed by atoms with Crippen molar-refractivity contribution in [2.24, 2.45) is 5.92 Å². The highest BCUT2D eigenvalue weighted by atomic mass is 16.5. The van der Waals surface area contributed by atoms with Gasteiger partial charge in [0.2, 0.25) is 0 Å². The lowest BCUT2D eigenvalue weighted by molar-refractivity contribution is -0.139. The van der Waals surface area contributed by atoms with Gasteiger partial charge in [0.05, 0.1) is 24.3 Å². The Morgan fingerprint density at radius 2 is 2.19 bits per heavy atom. The van der Waals surface area contributed by atoms with Gasteiger partial charge >= 0.3 is 0 Å². The maximum absolute atomic E-state index is 12.4. The van der Waals surface area contributed by atoms with Gasteiger partial charge in [-0.25, -0.2) is 0 Å². The molecule has 1 heterocycles. The van der Waals surface area contributed by atoms with Crippen LogP contribution in [0.1, 0.15) is 25.8 Å². The minimum atomic E-state index is -0.614. The summed E-state index contributed by atoms with van der Waals surface area (Å²) in [5.41, 5.74) is 0.551. The van der Waals surface area contributed by atoms with Crippen LogP contribution < -0.4 is 4.74 Å². The lowest BCUT2D eigenvalue weighted by Gasteiger charge is -2.28. The molecule has 1 aromatic carbocycles. The lowest BCUT2D eigenvalue weighted by Crippen LogP contribution is -2.45. The average Bonchev–Trinajstić information content (AvgIpc) is 2.88. The number of nitriles is 1. The van der Waals surface area contributed by atoms with Crippen molar-refractivity contribution in [3.63, 3.8) is 0 Å². The Bertz CT molecular complexity index is 535. The van der Waals surface area contributed by atoms with Gasteiger partial charge in [-0.15, -0.1) is 0 Å². The molecular formula is C16H20N2O3. The minimum absolute atomic E-state index is 0.0174. The van der Waals surface area contributed by atoms with Crippen molar-refractivity contribution in [3.05, 3.63) is 29.8 Å². The number of rotatable bonds is 4. The number of benzene rings is 1. The molecule has 0 aliphatic carbocycles. The Hall–Kier alpha value is -2.06. The Labute approximate surface area is 124 Å². The number of aliphatic hydroxyl groups is 1. The fourth-order valence-electron chi connectivity index (χ4n) is 2.66. The van der Waals surface area contributed by atoms with E-state index in [2.05, 4.69) is 0 Å². The van der Waals surface area contributed by atoms with Crippen molar-refractivity contribution in [2.45, 2.75) is 32.4 Å². The summed E-state index contributed by atoms with van der Waals surface area (Å²) in [6.07, 6.45) is 0.290. The molecule has 0 saturated carbocycles. The second-order valence-corrected chi connectivity index (χ2v) is 5.44. The van der Waals surface area contributed by atoms with Crippen LogP contribution in [0.4, 0.5) is 0 Å². The van der Waals surface area contributed by atoms with Gasteiger partial charge in [0.1, 0.15) is 5.75 Å². The smallest absolute Gasteiger partial charge is 0.263 e. The third-order valence-corrected chi connectivity index (χ3v) is 4.00. The van der Waals surface area contributed by atoms with Gasteiger partial charge in [0, 0.05) is 6.54 Å². The van der Waals surface area contributed by atoms with Crippen LogP contribution in [0.2, 0.25) is 0 Å². The molecule has 1 aromatic rings. The first kappa shape index (κ1) is 15.3. The van der Waals surface area contributed by atoms with Crippen LogP contribution in [0.15, 0.2) is 24.3 Å². The highest BCUT2D eigenvalue weighted by Crippen LogP contribution is 2.25. The van der Waals surface area contributed by atoms with Gasteiger partial charge in [-0.2, -0.15) is 5.26 Å². The lowest BCUT2D eigenvalue weighted by atomic mass is 10.0.